The summed E-state index contributed by atoms with van der Waals surface area (Å²) in [6.45, 7) is 7.65. The number of anilines is 6. The first-order valence-corrected chi connectivity index (χ1v) is 20.7. The molecule has 1 spiro atoms. The Bertz CT molecular complexity index is 3440. The normalized spacial score (nSPS) is 12.6. The van der Waals surface area contributed by atoms with Gasteiger partial charge in [0.25, 0.3) is 0 Å². The van der Waals surface area contributed by atoms with Crippen LogP contribution in [0.5, 0.6) is 0 Å². The van der Waals surface area contributed by atoms with Gasteiger partial charge in [-0.05, 0) is 124 Å². The molecule has 0 N–H and O–H groups in total. The van der Waals surface area contributed by atoms with Crippen LogP contribution in [-0.2, 0) is 5.41 Å². The third-order valence-electron chi connectivity index (χ3n) is 12.7. The van der Waals surface area contributed by atoms with Gasteiger partial charge >= 0.3 is 0 Å². The number of hydrogen-bond donors (Lipinski definition) is 0. The zero-order valence-electron chi connectivity index (χ0n) is 33.3. The summed E-state index contributed by atoms with van der Waals surface area (Å²) in [5, 5.41) is 11.9. The van der Waals surface area contributed by atoms with Crippen molar-refractivity contribution in [3.63, 3.8) is 0 Å². The maximum Gasteiger partial charge on any atom is 0.187 e. The van der Waals surface area contributed by atoms with Crippen LogP contribution in [-0.4, -0.2) is 0 Å². The second kappa shape index (κ2) is 13.7. The van der Waals surface area contributed by atoms with Gasteiger partial charge in [0.05, 0.1) is 34.7 Å². The summed E-state index contributed by atoms with van der Waals surface area (Å²) < 4.78 is 7.16. The van der Waals surface area contributed by atoms with Gasteiger partial charge in [-0.15, -0.1) is 0 Å². The highest BCUT2D eigenvalue weighted by atomic mass is 16.3. The molecular weight excluding hydrogens is 757 g/mol. The first-order chi connectivity index (χ1) is 30.7. The lowest BCUT2D eigenvalue weighted by Crippen LogP contribution is -2.26. The second-order valence-electron chi connectivity index (χ2n) is 15.8. The van der Waals surface area contributed by atoms with Gasteiger partial charge in [0, 0.05) is 39.4 Å². The predicted octanol–water partition coefficient (Wildman–Crippen LogP) is 15.3. The Kier molecular flexibility index (Phi) is 7.81. The standard InChI is InChI=1S/C57H34N4O/c1-59-38-26-30-41(31-27-38)60(39-14-4-2-5-15-39)43-32-33-46-50(34-43)57(48-21-11-8-18-44(48)45-19-9-12-22-49(45)57)51-35-52(55-47-20-10-13-23-53(47)62-56(55)54(46)51)61(40-16-6-3-7-17-40)42-28-24-37(36-58)25-29-42/h2-35H. The average molecular weight is 791 g/mol. The first kappa shape index (κ1) is 35.3. The Balaban J connectivity index is 1.22. The maximum atomic E-state index is 9.82. The lowest BCUT2D eigenvalue weighted by atomic mass is 9.70. The quantitative estimate of drug-likeness (QED) is 0.157. The minimum absolute atomic E-state index is 0.598. The van der Waals surface area contributed by atoms with Gasteiger partial charge in [0.15, 0.2) is 5.69 Å². The number of nitriles is 1. The molecule has 9 aromatic carbocycles. The number of furan rings is 1. The zero-order chi connectivity index (χ0) is 41.4. The number of nitrogens with zero attached hydrogens (tertiary/aromatic N) is 4. The number of para-hydroxylation sites is 3. The molecule has 0 bridgehead atoms. The van der Waals surface area contributed by atoms with Crippen molar-refractivity contribution >= 4 is 61.8 Å². The molecule has 288 valence electrons. The van der Waals surface area contributed by atoms with E-state index in [-0.39, 0.29) is 0 Å². The Hall–Kier alpha value is -8.64. The summed E-state index contributed by atoms with van der Waals surface area (Å²) in [7, 11) is 0. The van der Waals surface area contributed by atoms with E-state index in [1.165, 1.54) is 27.8 Å². The van der Waals surface area contributed by atoms with Crippen molar-refractivity contribution in [2.24, 2.45) is 0 Å². The number of hydrogen-bond acceptors (Lipinski definition) is 4. The van der Waals surface area contributed by atoms with Crippen molar-refractivity contribution in [2.75, 3.05) is 9.80 Å². The van der Waals surface area contributed by atoms with E-state index >= 15 is 0 Å². The molecule has 62 heavy (non-hydrogen) atoms. The molecule has 5 heteroatoms. The third-order valence-corrected chi connectivity index (χ3v) is 12.7. The Morgan fingerprint density at radius 1 is 0.484 bits per heavy atom. The summed E-state index contributed by atoms with van der Waals surface area (Å²) in [6, 6.07) is 74.3. The van der Waals surface area contributed by atoms with Gasteiger partial charge in [-0.3, -0.25) is 0 Å². The average Bonchev–Trinajstić information content (AvgIpc) is 3.97. The largest absolute Gasteiger partial charge is 0.455 e. The summed E-state index contributed by atoms with van der Waals surface area (Å²) in [5.74, 6) is 0. The van der Waals surface area contributed by atoms with Gasteiger partial charge in [0.1, 0.15) is 11.2 Å². The monoisotopic (exact) mass is 790 g/mol. The minimum Gasteiger partial charge on any atom is -0.455 e. The van der Waals surface area contributed by atoms with Gasteiger partial charge in [-0.1, -0.05) is 121 Å². The van der Waals surface area contributed by atoms with Crippen LogP contribution >= 0.6 is 0 Å². The smallest absolute Gasteiger partial charge is 0.187 e. The van der Waals surface area contributed by atoms with Crippen molar-refractivity contribution in [1.82, 2.24) is 0 Å². The highest BCUT2D eigenvalue weighted by Gasteiger charge is 2.53. The van der Waals surface area contributed by atoms with E-state index in [0.29, 0.717) is 11.3 Å². The molecule has 0 saturated carbocycles. The molecule has 0 aliphatic heterocycles. The molecular formula is C57H34N4O. The summed E-state index contributed by atoms with van der Waals surface area (Å²) in [6.07, 6.45) is 0. The predicted molar refractivity (Wildman–Crippen MR) is 250 cm³/mol. The number of fused-ring (bicyclic) bond motifs is 14. The lowest BCUT2D eigenvalue weighted by molar-refractivity contribution is 0.669. The van der Waals surface area contributed by atoms with Crippen LogP contribution in [0.4, 0.5) is 39.8 Å². The minimum atomic E-state index is -0.723. The van der Waals surface area contributed by atoms with Crippen molar-refractivity contribution in [3.05, 3.63) is 245 Å². The van der Waals surface area contributed by atoms with Crippen molar-refractivity contribution in [2.45, 2.75) is 5.41 Å². The highest BCUT2D eigenvalue weighted by Crippen LogP contribution is 2.66. The van der Waals surface area contributed by atoms with Crippen LogP contribution in [0, 0.1) is 17.9 Å². The van der Waals surface area contributed by atoms with E-state index in [9.17, 15) is 5.26 Å². The Labute approximate surface area is 359 Å². The van der Waals surface area contributed by atoms with Crippen LogP contribution in [0.25, 0.3) is 49.0 Å². The number of benzene rings is 9. The molecule has 1 heterocycles. The molecule has 0 fully saturated rings. The molecule has 5 nitrogen and oxygen atoms in total. The van der Waals surface area contributed by atoms with Crippen LogP contribution in [0.2, 0.25) is 0 Å². The van der Waals surface area contributed by atoms with Gasteiger partial charge in [0.2, 0.25) is 0 Å². The molecule has 0 unspecified atom stereocenters. The third kappa shape index (κ3) is 5.00. The summed E-state index contributed by atoms with van der Waals surface area (Å²) >= 11 is 0. The fourth-order valence-corrected chi connectivity index (χ4v) is 10.2. The van der Waals surface area contributed by atoms with Crippen molar-refractivity contribution in [1.29, 1.82) is 5.26 Å². The molecule has 1 aromatic heterocycles. The maximum absolute atomic E-state index is 9.82. The van der Waals surface area contributed by atoms with E-state index in [2.05, 4.69) is 160 Å². The topological polar surface area (TPSA) is 47.8 Å². The SMILES string of the molecule is [C-]#[N+]c1ccc(N(c2ccccc2)c2ccc3c(c2)C2(c4ccccc4-c4ccccc42)c2cc(N(c4ccccc4)c4ccc(C#N)cc4)c4c(oc5ccccc54)c2-3)cc1. The van der Waals surface area contributed by atoms with Crippen LogP contribution in [0.3, 0.4) is 0 Å². The molecule has 0 radical (unpaired) electrons. The molecule has 10 aromatic rings. The van der Waals surface area contributed by atoms with E-state index in [0.717, 1.165) is 72.8 Å². The second-order valence-corrected chi connectivity index (χ2v) is 15.8. The van der Waals surface area contributed by atoms with E-state index in [4.69, 9.17) is 11.0 Å². The molecule has 0 amide bonds. The molecule has 0 saturated heterocycles. The van der Waals surface area contributed by atoms with E-state index in [1.54, 1.807) is 0 Å². The zero-order valence-corrected chi connectivity index (χ0v) is 33.3. The van der Waals surface area contributed by atoms with E-state index < -0.39 is 5.41 Å². The fourth-order valence-electron chi connectivity index (χ4n) is 10.2. The van der Waals surface area contributed by atoms with Gasteiger partial charge in [-0.2, -0.15) is 5.26 Å². The van der Waals surface area contributed by atoms with Gasteiger partial charge in [-0.25, -0.2) is 4.85 Å². The summed E-state index contributed by atoms with van der Waals surface area (Å²) in [4.78, 5) is 8.28. The van der Waals surface area contributed by atoms with Crippen LogP contribution < -0.4 is 9.80 Å². The molecule has 12 rings (SSSR count). The summed E-state index contributed by atoms with van der Waals surface area (Å²) in [5.41, 5.74) is 17.4. The van der Waals surface area contributed by atoms with Crippen molar-refractivity contribution < 1.29 is 4.42 Å². The lowest BCUT2D eigenvalue weighted by Gasteiger charge is -2.33. The Morgan fingerprint density at radius 2 is 1.03 bits per heavy atom. The van der Waals surface area contributed by atoms with E-state index in [1.807, 2.05) is 66.7 Å². The van der Waals surface area contributed by atoms with Crippen molar-refractivity contribution in [3.8, 4) is 28.3 Å². The molecule has 2 aliphatic rings. The molecule has 2 aliphatic carbocycles. The molecule has 0 atom stereocenters. The highest BCUT2D eigenvalue weighted by molar-refractivity contribution is 6.20. The van der Waals surface area contributed by atoms with Crippen LogP contribution in [0.15, 0.2) is 211 Å². The fraction of sp³-hybridized carbons (Fsp3) is 0.0175. The Morgan fingerprint density at radius 3 is 1.69 bits per heavy atom. The number of rotatable bonds is 6. The van der Waals surface area contributed by atoms with Gasteiger partial charge < -0.3 is 14.2 Å². The van der Waals surface area contributed by atoms with Crippen LogP contribution in [0.1, 0.15) is 27.8 Å². The first-order valence-electron chi connectivity index (χ1n) is 20.7.